The van der Waals surface area contributed by atoms with E-state index in [0.717, 1.165) is 17.3 Å². The van der Waals surface area contributed by atoms with Crippen LogP contribution < -0.4 is 10.1 Å². The van der Waals surface area contributed by atoms with Crippen LogP contribution in [0.5, 0.6) is 5.75 Å². The zero-order valence-corrected chi connectivity index (χ0v) is 11.6. The predicted molar refractivity (Wildman–Crippen MR) is 75.3 cm³/mol. The standard InChI is InChI=1S/C13H16F2N2OS/c1-13(2)7-8-19-12(17-13)16-9-5-3-4-6-10(9)18-11(14)15/h3-6,11H,7-8H2,1-2H3,(H,16,17). The van der Waals surface area contributed by atoms with E-state index in [2.05, 4.69) is 28.9 Å². The Kier molecular flexibility index (Phi) is 4.29. The van der Waals surface area contributed by atoms with Crippen molar-refractivity contribution in [3.8, 4) is 5.75 Å². The highest BCUT2D eigenvalue weighted by Crippen LogP contribution is 2.30. The topological polar surface area (TPSA) is 33.6 Å². The first-order valence-electron chi connectivity index (χ1n) is 6.00. The average Bonchev–Trinajstić information content (AvgIpc) is 2.30. The lowest BCUT2D eigenvalue weighted by Crippen LogP contribution is -2.27. The molecule has 0 aliphatic carbocycles. The number of benzene rings is 1. The van der Waals surface area contributed by atoms with Crippen molar-refractivity contribution in [3.63, 3.8) is 0 Å². The Labute approximate surface area is 115 Å². The molecule has 1 aliphatic heterocycles. The fourth-order valence-corrected chi connectivity index (χ4v) is 3.00. The number of halogens is 2. The lowest BCUT2D eigenvalue weighted by Gasteiger charge is -2.26. The molecule has 0 saturated heterocycles. The Bertz CT molecular complexity index is 477. The summed E-state index contributed by atoms with van der Waals surface area (Å²) in [6, 6.07) is 6.62. The second-order valence-corrected chi connectivity index (χ2v) is 5.91. The van der Waals surface area contributed by atoms with Gasteiger partial charge in [-0.3, -0.25) is 4.99 Å². The highest BCUT2D eigenvalue weighted by molar-refractivity contribution is 8.14. The van der Waals surface area contributed by atoms with Crippen LogP contribution in [0.25, 0.3) is 0 Å². The molecule has 0 fully saturated rings. The SMILES string of the molecule is CC1(C)CCSC(Nc2ccccc2OC(F)F)=N1. The maximum atomic E-state index is 12.3. The van der Waals surface area contributed by atoms with Crippen LogP contribution in [0, 0.1) is 0 Å². The summed E-state index contributed by atoms with van der Waals surface area (Å²) in [6.07, 6.45) is 0.998. The van der Waals surface area contributed by atoms with Crippen LogP contribution in [-0.2, 0) is 0 Å². The van der Waals surface area contributed by atoms with Crippen LogP contribution in [0.15, 0.2) is 29.3 Å². The van der Waals surface area contributed by atoms with Gasteiger partial charge in [0.2, 0.25) is 0 Å². The molecule has 0 unspecified atom stereocenters. The monoisotopic (exact) mass is 286 g/mol. The van der Waals surface area contributed by atoms with Crippen molar-refractivity contribution in [2.45, 2.75) is 32.4 Å². The van der Waals surface area contributed by atoms with Gasteiger partial charge in [-0.1, -0.05) is 23.9 Å². The number of hydrogen-bond donors (Lipinski definition) is 1. The van der Waals surface area contributed by atoms with Gasteiger partial charge >= 0.3 is 6.61 Å². The quantitative estimate of drug-likeness (QED) is 0.912. The molecule has 2 rings (SSSR count). The van der Waals surface area contributed by atoms with Gasteiger partial charge in [0.15, 0.2) is 5.17 Å². The van der Waals surface area contributed by atoms with Crippen molar-refractivity contribution in [2.75, 3.05) is 11.1 Å². The molecule has 0 bridgehead atoms. The van der Waals surface area contributed by atoms with Crippen molar-refractivity contribution >= 4 is 22.6 Å². The first-order chi connectivity index (χ1) is 8.96. The van der Waals surface area contributed by atoms with E-state index in [1.165, 1.54) is 6.07 Å². The Balaban J connectivity index is 2.17. The molecule has 0 atom stereocenters. The second-order valence-electron chi connectivity index (χ2n) is 4.83. The van der Waals surface area contributed by atoms with Crippen LogP contribution >= 0.6 is 11.8 Å². The number of aliphatic imine (C=N–C) groups is 1. The number of amidine groups is 1. The predicted octanol–water partition coefficient (Wildman–Crippen LogP) is 3.97. The number of anilines is 1. The van der Waals surface area contributed by atoms with Gasteiger partial charge in [0.25, 0.3) is 0 Å². The van der Waals surface area contributed by atoms with Crippen molar-refractivity contribution in [1.82, 2.24) is 0 Å². The molecule has 0 saturated carbocycles. The van der Waals surface area contributed by atoms with Crippen LogP contribution in [0.1, 0.15) is 20.3 Å². The summed E-state index contributed by atoms with van der Waals surface area (Å²) < 4.78 is 29.1. The summed E-state index contributed by atoms with van der Waals surface area (Å²) in [4.78, 5) is 4.56. The van der Waals surface area contributed by atoms with Gasteiger partial charge in [-0.05, 0) is 32.4 Å². The van der Waals surface area contributed by atoms with E-state index < -0.39 is 6.61 Å². The molecule has 0 radical (unpaired) electrons. The van der Waals surface area contributed by atoms with Gasteiger partial charge in [0.05, 0.1) is 11.2 Å². The number of alkyl halides is 2. The number of nitrogens with one attached hydrogen (secondary N) is 1. The summed E-state index contributed by atoms with van der Waals surface area (Å²) in [7, 11) is 0. The third-order valence-corrected chi connectivity index (χ3v) is 3.58. The van der Waals surface area contributed by atoms with E-state index in [1.807, 2.05) is 0 Å². The smallest absolute Gasteiger partial charge is 0.387 e. The van der Waals surface area contributed by atoms with E-state index in [9.17, 15) is 8.78 Å². The summed E-state index contributed by atoms with van der Waals surface area (Å²) in [5.74, 6) is 1.08. The zero-order chi connectivity index (χ0) is 13.9. The lowest BCUT2D eigenvalue weighted by molar-refractivity contribution is -0.0493. The average molecular weight is 286 g/mol. The normalized spacial score (nSPS) is 18.1. The molecule has 0 aromatic heterocycles. The van der Waals surface area contributed by atoms with Crippen molar-refractivity contribution < 1.29 is 13.5 Å². The fraction of sp³-hybridized carbons (Fsp3) is 0.462. The lowest BCUT2D eigenvalue weighted by atomic mass is 10.0. The van der Waals surface area contributed by atoms with Gasteiger partial charge in [-0.2, -0.15) is 8.78 Å². The number of ether oxygens (including phenoxy) is 1. The molecule has 1 aromatic rings. The van der Waals surface area contributed by atoms with Crippen LogP contribution in [0.3, 0.4) is 0 Å². The number of hydrogen-bond acceptors (Lipinski definition) is 4. The molecule has 104 valence electrons. The number of thioether (sulfide) groups is 1. The molecule has 0 amide bonds. The Hall–Kier alpha value is -1.30. The zero-order valence-electron chi connectivity index (χ0n) is 10.8. The van der Waals surface area contributed by atoms with Crippen molar-refractivity contribution in [1.29, 1.82) is 0 Å². The van der Waals surface area contributed by atoms with E-state index in [1.54, 1.807) is 30.0 Å². The molecular weight excluding hydrogens is 270 g/mol. The van der Waals surface area contributed by atoms with E-state index in [0.29, 0.717) is 5.69 Å². The maximum Gasteiger partial charge on any atom is 0.387 e. The van der Waals surface area contributed by atoms with E-state index in [4.69, 9.17) is 0 Å². The van der Waals surface area contributed by atoms with Crippen molar-refractivity contribution in [2.24, 2.45) is 4.99 Å². The van der Waals surface area contributed by atoms with Crippen LogP contribution in [0.4, 0.5) is 14.5 Å². The molecule has 1 aromatic carbocycles. The van der Waals surface area contributed by atoms with Gasteiger partial charge in [0, 0.05) is 5.75 Å². The largest absolute Gasteiger partial charge is 0.433 e. The van der Waals surface area contributed by atoms with Crippen LogP contribution in [0.2, 0.25) is 0 Å². The molecule has 1 aliphatic rings. The molecule has 3 nitrogen and oxygen atoms in total. The molecule has 6 heteroatoms. The maximum absolute atomic E-state index is 12.3. The molecular formula is C13H16F2N2OS. The Morgan fingerprint density at radius 3 is 2.79 bits per heavy atom. The molecule has 19 heavy (non-hydrogen) atoms. The third kappa shape index (κ3) is 4.09. The number of nitrogens with zero attached hydrogens (tertiary/aromatic N) is 1. The third-order valence-electron chi connectivity index (χ3n) is 2.70. The summed E-state index contributed by atoms with van der Waals surface area (Å²) in [5, 5.41) is 3.80. The Morgan fingerprint density at radius 1 is 1.37 bits per heavy atom. The highest BCUT2D eigenvalue weighted by Gasteiger charge is 2.23. The van der Waals surface area contributed by atoms with Gasteiger partial charge < -0.3 is 10.1 Å². The first-order valence-corrected chi connectivity index (χ1v) is 6.98. The first kappa shape index (κ1) is 14.1. The number of para-hydroxylation sites is 2. The fourth-order valence-electron chi connectivity index (χ4n) is 1.71. The summed E-state index contributed by atoms with van der Waals surface area (Å²) >= 11 is 1.58. The van der Waals surface area contributed by atoms with Crippen molar-refractivity contribution in [3.05, 3.63) is 24.3 Å². The highest BCUT2D eigenvalue weighted by atomic mass is 32.2. The second kappa shape index (κ2) is 5.77. The molecule has 0 spiro atoms. The van der Waals surface area contributed by atoms with Gasteiger partial charge in [0.1, 0.15) is 5.75 Å². The summed E-state index contributed by atoms with van der Waals surface area (Å²) in [5.41, 5.74) is 0.387. The van der Waals surface area contributed by atoms with Gasteiger partial charge in [-0.25, -0.2) is 0 Å². The number of rotatable bonds is 3. The molecule has 1 N–H and O–H groups in total. The van der Waals surface area contributed by atoms with E-state index >= 15 is 0 Å². The minimum Gasteiger partial charge on any atom is -0.433 e. The molecule has 1 heterocycles. The van der Waals surface area contributed by atoms with Crippen LogP contribution in [-0.4, -0.2) is 23.1 Å². The Morgan fingerprint density at radius 2 is 2.11 bits per heavy atom. The minimum atomic E-state index is -2.83. The minimum absolute atomic E-state index is 0.119. The van der Waals surface area contributed by atoms with E-state index in [-0.39, 0.29) is 11.3 Å². The van der Waals surface area contributed by atoms with Gasteiger partial charge in [-0.15, -0.1) is 0 Å². The summed E-state index contributed by atoms with van der Waals surface area (Å²) in [6.45, 7) is 1.27.